The number of carbonyl (C=O) groups is 1. The van der Waals surface area contributed by atoms with Gasteiger partial charge in [0.2, 0.25) is 0 Å². The van der Waals surface area contributed by atoms with Gasteiger partial charge in [0, 0.05) is 24.2 Å². The zero-order valence-electron chi connectivity index (χ0n) is 15.8. The van der Waals surface area contributed by atoms with Crippen molar-refractivity contribution in [2.45, 2.75) is 32.2 Å². The van der Waals surface area contributed by atoms with Gasteiger partial charge in [-0.15, -0.1) is 0 Å². The summed E-state index contributed by atoms with van der Waals surface area (Å²) in [5.41, 5.74) is 1.21. The molecule has 0 unspecified atom stereocenters. The highest BCUT2D eigenvalue weighted by Gasteiger charge is 2.27. The van der Waals surface area contributed by atoms with Crippen LogP contribution in [0.1, 0.15) is 36.5 Å². The molecule has 0 radical (unpaired) electrons. The first-order chi connectivity index (χ1) is 13.4. The second-order valence-electron chi connectivity index (χ2n) is 6.80. The van der Waals surface area contributed by atoms with Crippen molar-refractivity contribution in [3.63, 3.8) is 0 Å². The number of nitrogens with zero attached hydrogens (tertiary/aromatic N) is 2. The molecule has 1 atom stereocenters. The topological polar surface area (TPSA) is 84.7 Å². The molecular formula is C20H22ClN3O4. The van der Waals surface area contributed by atoms with E-state index in [1.807, 2.05) is 11.8 Å². The van der Waals surface area contributed by atoms with E-state index < -0.39 is 4.92 Å². The number of anilines is 2. The summed E-state index contributed by atoms with van der Waals surface area (Å²) in [5, 5.41) is 14.5. The Morgan fingerprint density at radius 2 is 2.00 bits per heavy atom. The van der Waals surface area contributed by atoms with Crippen LogP contribution in [-0.2, 0) is 0 Å². The summed E-state index contributed by atoms with van der Waals surface area (Å²) in [6.45, 7) is 2.78. The van der Waals surface area contributed by atoms with Gasteiger partial charge in [-0.05, 0) is 56.5 Å². The molecule has 28 heavy (non-hydrogen) atoms. The molecule has 0 aliphatic carbocycles. The number of methoxy groups -OCH3 is 1. The van der Waals surface area contributed by atoms with Crippen LogP contribution in [0.4, 0.5) is 17.1 Å². The fourth-order valence-electron chi connectivity index (χ4n) is 3.42. The predicted molar refractivity (Wildman–Crippen MR) is 110 cm³/mol. The van der Waals surface area contributed by atoms with Crippen molar-refractivity contribution in [2.24, 2.45) is 0 Å². The Labute approximate surface area is 168 Å². The number of piperidine rings is 1. The van der Waals surface area contributed by atoms with Gasteiger partial charge in [0.1, 0.15) is 11.4 Å². The second-order valence-corrected chi connectivity index (χ2v) is 7.21. The lowest BCUT2D eigenvalue weighted by molar-refractivity contribution is -0.384. The summed E-state index contributed by atoms with van der Waals surface area (Å²) >= 11 is 6.24. The van der Waals surface area contributed by atoms with Crippen LogP contribution in [0.2, 0.25) is 5.02 Å². The summed E-state index contributed by atoms with van der Waals surface area (Å²) in [7, 11) is 1.55. The zero-order chi connectivity index (χ0) is 20.3. The monoisotopic (exact) mass is 403 g/mol. The average molecular weight is 404 g/mol. The van der Waals surface area contributed by atoms with Crippen LogP contribution in [0.25, 0.3) is 0 Å². The largest absolute Gasteiger partial charge is 0.497 e. The molecule has 7 nitrogen and oxygen atoms in total. The minimum atomic E-state index is -0.433. The number of rotatable bonds is 5. The van der Waals surface area contributed by atoms with E-state index in [1.54, 1.807) is 37.4 Å². The Hall–Kier alpha value is -2.80. The lowest BCUT2D eigenvalue weighted by Crippen LogP contribution is -2.37. The summed E-state index contributed by atoms with van der Waals surface area (Å²) in [5.74, 6) is 0.294. The van der Waals surface area contributed by atoms with Crippen LogP contribution in [0.5, 0.6) is 5.75 Å². The van der Waals surface area contributed by atoms with E-state index in [4.69, 9.17) is 16.3 Å². The van der Waals surface area contributed by atoms with Gasteiger partial charge < -0.3 is 15.0 Å². The number of hydrogen-bond donors (Lipinski definition) is 1. The molecule has 8 heteroatoms. The van der Waals surface area contributed by atoms with Crippen molar-refractivity contribution in [3.8, 4) is 5.75 Å². The van der Waals surface area contributed by atoms with Crippen molar-refractivity contribution in [2.75, 3.05) is 23.9 Å². The molecule has 0 aromatic heterocycles. The number of hydrogen-bond acceptors (Lipinski definition) is 5. The molecule has 148 valence electrons. The third kappa shape index (κ3) is 4.20. The number of nitro groups is 1. The van der Waals surface area contributed by atoms with E-state index >= 15 is 0 Å². The van der Waals surface area contributed by atoms with Crippen LogP contribution in [0.15, 0.2) is 36.4 Å². The smallest absolute Gasteiger partial charge is 0.294 e. The van der Waals surface area contributed by atoms with E-state index in [2.05, 4.69) is 5.32 Å². The number of halogens is 1. The van der Waals surface area contributed by atoms with E-state index in [0.717, 1.165) is 25.8 Å². The number of carbonyl (C=O) groups excluding carboxylic acids is 1. The van der Waals surface area contributed by atoms with Crippen molar-refractivity contribution in [1.29, 1.82) is 0 Å². The van der Waals surface area contributed by atoms with E-state index in [-0.39, 0.29) is 22.7 Å². The Morgan fingerprint density at radius 1 is 1.29 bits per heavy atom. The van der Waals surface area contributed by atoms with Crippen molar-refractivity contribution in [3.05, 3.63) is 57.1 Å². The molecule has 1 fully saturated rings. The number of nitro benzene ring substituents is 1. The molecule has 0 saturated carbocycles. The highest BCUT2D eigenvalue weighted by atomic mass is 35.5. The lowest BCUT2D eigenvalue weighted by Gasteiger charge is -2.35. The Kier molecular flexibility index (Phi) is 6.04. The molecule has 1 amide bonds. The van der Waals surface area contributed by atoms with Crippen molar-refractivity contribution < 1.29 is 14.5 Å². The fourth-order valence-corrected chi connectivity index (χ4v) is 3.62. The Bertz CT molecular complexity index is 886. The first-order valence-electron chi connectivity index (χ1n) is 9.10. The predicted octanol–water partition coefficient (Wildman–Crippen LogP) is 4.89. The van der Waals surface area contributed by atoms with Gasteiger partial charge in [-0.2, -0.15) is 0 Å². The van der Waals surface area contributed by atoms with Crippen molar-refractivity contribution >= 4 is 34.6 Å². The Balaban J connectivity index is 1.93. The van der Waals surface area contributed by atoms with Crippen LogP contribution < -0.4 is 15.0 Å². The molecule has 2 aromatic carbocycles. The van der Waals surface area contributed by atoms with Gasteiger partial charge in [-0.3, -0.25) is 14.9 Å². The highest BCUT2D eigenvalue weighted by molar-refractivity contribution is 6.34. The molecular weight excluding hydrogens is 382 g/mol. The molecule has 2 aromatic rings. The summed E-state index contributed by atoms with van der Waals surface area (Å²) in [6.07, 6.45) is 3.03. The summed E-state index contributed by atoms with van der Waals surface area (Å²) < 4.78 is 5.09. The van der Waals surface area contributed by atoms with Gasteiger partial charge >= 0.3 is 0 Å². The van der Waals surface area contributed by atoms with Crippen LogP contribution in [-0.4, -0.2) is 30.5 Å². The lowest BCUT2D eigenvalue weighted by atomic mass is 10.0. The van der Waals surface area contributed by atoms with Crippen LogP contribution in [0, 0.1) is 10.1 Å². The van der Waals surface area contributed by atoms with E-state index in [9.17, 15) is 14.9 Å². The maximum absolute atomic E-state index is 12.6. The number of nitrogens with one attached hydrogen (secondary N) is 1. The van der Waals surface area contributed by atoms with Gasteiger partial charge in [-0.1, -0.05) is 11.6 Å². The van der Waals surface area contributed by atoms with Gasteiger partial charge in [0.15, 0.2) is 0 Å². The maximum Gasteiger partial charge on any atom is 0.294 e. The van der Waals surface area contributed by atoms with Gasteiger partial charge in [0.05, 0.1) is 22.7 Å². The minimum Gasteiger partial charge on any atom is -0.497 e. The quantitative estimate of drug-likeness (QED) is 0.567. The normalized spacial score (nSPS) is 16.5. The van der Waals surface area contributed by atoms with E-state index in [1.165, 1.54) is 6.07 Å². The summed E-state index contributed by atoms with van der Waals surface area (Å²) in [4.78, 5) is 25.7. The third-order valence-corrected chi connectivity index (χ3v) is 5.29. The molecule has 1 heterocycles. The van der Waals surface area contributed by atoms with Crippen LogP contribution >= 0.6 is 11.6 Å². The molecule has 1 aliphatic rings. The van der Waals surface area contributed by atoms with Gasteiger partial charge in [-0.25, -0.2) is 0 Å². The van der Waals surface area contributed by atoms with Crippen LogP contribution in [0.3, 0.4) is 0 Å². The molecule has 1 saturated heterocycles. The summed E-state index contributed by atoms with van der Waals surface area (Å²) in [6, 6.07) is 9.74. The third-order valence-electron chi connectivity index (χ3n) is 4.97. The molecule has 1 aliphatic heterocycles. The molecule has 0 bridgehead atoms. The van der Waals surface area contributed by atoms with Gasteiger partial charge in [0.25, 0.3) is 11.6 Å². The standard InChI is InChI=1S/C20H22ClN3O4/c1-13-5-3-4-10-23(13)18-12-17(16(21)11-19(18)24(26)27)22-20(25)14-6-8-15(28-2)9-7-14/h6-9,11-13H,3-5,10H2,1-2H3,(H,22,25)/t13-/m0/s1. The number of ether oxygens (including phenoxy) is 1. The maximum atomic E-state index is 12.6. The molecule has 3 rings (SSSR count). The first-order valence-corrected chi connectivity index (χ1v) is 9.48. The fraction of sp³-hybridized carbons (Fsp3) is 0.350. The van der Waals surface area contributed by atoms with E-state index in [0.29, 0.717) is 22.7 Å². The Morgan fingerprint density at radius 3 is 2.61 bits per heavy atom. The zero-order valence-corrected chi connectivity index (χ0v) is 16.5. The van der Waals surface area contributed by atoms with Crippen molar-refractivity contribution in [1.82, 2.24) is 0 Å². The second kappa shape index (κ2) is 8.48. The SMILES string of the molecule is COc1ccc(C(=O)Nc2cc(N3CCCC[C@@H]3C)c([N+](=O)[O-])cc2Cl)cc1. The minimum absolute atomic E-state index is 0.0544. The molecule has 0 spiro atoms. The highest BCUT2D eigenvalue weighted by Crippen LogP contribution is 2.39. The molecule has 1 N–H and O–H groups in total. The number of amides is 1. The first kappa shape index (κ1) is 19.9. The average Bonchev–Trinajstić information content (AvgIpc) is 2.69. The number of benzene rings is 2.